The van der Waals surface area contributed by atoms with Crippen LogP contribution in [0, 0.1) is 20.8 Å². The molecule has 0 unspecified atom stereocenters. The van der Waals surface area contributed by atoms with E-state index in [1.165, 1.54) is 0 Å². The summed E-state index contributed by atoms with van der Waals surface area (Å²) in [7, 11) is 0. The van der Waals surface area contributed by atoms with Gasteiger partial charge in [-0.25, -0.2) is 0 Å². The molecule has 82 valence electrons. The van der Waals surface area contributed by atoms with Gasteiger partial charge < -0.3 is 12.9 Å². The summed E-state index contributed by atoms with van der Waals surface area (Å²) in [6.07, 6.45) is 1.16. The summed E-state index contributed by atoms with van der Waals surface area (Å²) in [4.78, 5) is 0. The molecule has 1 aromatic carbocycles. The Morgan fingerprint density at radius 2 is 1.44 bits per heavy atom. The van der Waals surface area contributed by atoms with Crippen molar-refractivity contribution >= 4 is 13.1 Å². The molecule has 0 atom stereocenters. The van der Waals surface area contributed by atoms with E-state index in [9.17, 15) is 12.9 Å². The van der Waals surface area contributed by atoms with Gasteiger partial charge in [0.2, 0.25) is 0 Å². The summed E-state index contributed by atoms with van der Waals surface area (Å²) >= 11 is 0. The molecule has 0 nitrogen and oxygen atoms in total. The smallest absolute Gasteiger partial charge is 0.445 e. The Morgan fingerprint density at radius 1 is 1.00 bits per heavy atom. The monoisotopic (exact) mass is 252 g/mol. The molecule has 1 aromatic rings. The summed E-state index contributed by atoms with van der Waals surface area (Å²) < 4.78 is 36.2. The third-order valence-electron chi connectivity index (χ3n) is 2.22. The van der Waals surface area contributed by atoms with Crippen molar-refractivity contribution in [1.82, 2.24) is 0 Å². The maximum absolute atomic E-state index is 12.1. The first-order chi connectivity index (χ1) is 6.79. The Kier molecular flexibility index (Phi) is 6.58. The van der Waals surface area contributed by atoms with E-state index in [1.807, 2.05) is 32.9 Å². The molecule has 0 aromatic heterocycles. The third-order valence-corrected chi connectivity index (χ3v) is 2.22. The second-order valence-corrected chi connectivity index (χ2v) is 3.80. The van der Waals surface area contributed by atoms with Crippen molar-refractivity contribution in [3.05, 3.63) is 40.4 Å². The van der Waals surface area contributed by atoms with Gasteiger partial charge in [-0.15, -0.1) is 5.98 Å². The minimum absolute atomic E-state index is 0. The zero-order valence-electron chi connectivity index (χ0n) is 10.0. The van der Waals surface area contributed by atoms with Crippen molar-refractivity contribution in [2.45, 2.75) is 20.8 Å². The molecule has 1 rings (SSSR count). The van der Waals surface area contributed by atoms with Gasteiger partial charge >= 0.3 is 58.4 Å². The van der Waals surface area contributed by atoms with E-state index in [0.29, 0.717) is 11.5 Å². The fraction of sp³-hybridized carbons (Fsp3) is 0.273. The predicted molar refractivity (Wildman–Crippen MR) is 58.8 cm³/mol. The van der Waals surface area contributed by atoms with Crippen LogP contribution in [0.4, 0.5) is 12.9 Å². The van der Waals surface area contributed by atoms with E-state index < -0.39 is 6.98 Å². The van der Waals surface area contributed by atoms with Crippen molar-refractivity contribution in [2.75, 3.05) is 0 Å². The van der Waals surface area contributed by atoms with Crippen molar-refractivity contribution < 1.29 is 64.3 Å². The molecule has 0 fully saturated rings. The number of benzene rings is 1. The fourth-order valence-electron chi connectivity index (χ4n) is 1.66. The van der Waals surface area contributed by atoms with Gasteiger partial charge in [0.15, 0.2) is 0 Å². The minimum atomic E-state index is -4.85. The van der Waals surface area contributed by atoms with Gasteiger partial charge in [-0.2, -0.15) is 0 Å². The average Bonchev–Trinajstić information content (AvgIpc) is 1.99. The first kappa shape index (κ1) is 16.5. The number of hydrogen-bond donors (Lipinski definition) is 0. The van der Waals surface area contributed by atoms with Crippen molar-refractivity contribution in [2.24, 2.45) is 0 Å². The maximum atomic E-state index is 12.1. The molecule has 0 N–H and O–H groups in total. The number of hydrogen-bond acceptors (Lipinski definition) is 0. The molecule has 0 spiro atoms. The van der Waals surface area contributed by atoms with Gasteiger partial charge in [-0.1, -0.05) is 23.8 Å². The summed E-state index contributed by atoms with van der Waals surface area (Å²) in [5, 5.41) is 0. The van der Waals surface area contributed by atoms with Crippen LogP contribution in [0.25, 0.3) is 6.08 Å². The van der Waals surface area contributed by atoms with Crippen molar-refractivity contribution in [3.63, 3.8) is 0 Å². The molecule has 0 saturated carbocycles. The molecule has 0 radical (unpaired) electrons. The minimum Gasteiger partial charge on any atom is -0.445 e. The number of halogens is 3. The van der Waals surface area contributed by atoms with E-state index in [-0.39, 0.29) is 51.4 Å². The molecule has 0 aliphatic rings. The molecule has 0 amide bonds. The van der Waals surface area contributed by atoms with E-state index in [2.05, 4.69) is 0 Å². The molecule has 0 heterocycles. The number of rotatable bonds is 2. The van der Waals surface area contributed by atoms with Gasteiger partial charge in [-0.05, 0) is 37.5 Å². The Labute approximate surface area is 137 Å². The van der Waals surface area contributed by atoms with Crippen LogP contribution in [0.15, 0.2) is 18.1 Å². The van der Waals surface area contributed by atoms with Gasteiger partial charge in [0.05, 0.1) is 0 Å². The zero-order chi connectivity index (χ0) is 11.6. The predicted octanol–water partition coefficient (Wildman–Crippen LogP) is 1.02. The SMILES string of the molecule is Cc1cc(C)c(/C=C/[B-](F)(F)F)c(C)c1.[K+]. The second-order valence-electron chi connectivity index (χ2n) is 3.80. The topological polar surface area (TPSA) is 0 Å². The van der Waals surface area contributed by atoms with Gasteiger partial charge in [0, 0.05) is 0 Å². The van der Waals surface area contributed by atoms with Crippen LogP contribution in [0.2, 0.25) is 0 Å². The van der Waals surface area contributed by atoms with E-state index in [1.54, 1.807) is 0 Å². The standard InChI is InChI=1S/C11H13BF3.K/c1-8-6-9(2)11(10(3)7-8)4-5-12(13,14)15;/h4-7H,1-3H3;/q-1;+1/b5-4+;. The summed E-state index contributed by atoms with van der Waals surface area (Å²) in [5.41, 5.74) is 3.49. The van der Waals surface area contributed by atoms with Gasteiger partial charge in [0.1, 0.15) is 0 Å². The average molecular weight is 252 g/mol. The third kappa shape index (κ3) is 5.19. The summed E-state index contributed by atoms with van der Waals surface area (Å²) in [5.74, 6) is 0.338. The molecule has 0 aliphatic heterocycles. The van der Waals surface area contributed by atoms with Gasteiger partial charge in [-0.3, -0.25) is 0 Å². The summed E-state index contributed by atoms with van der Waals surface area (Å²) in [6.45, 7) is 0.730. The summed E-state index contributed by atoms with van der Waals surface area (Å²) in [6, 6.07) is 3.77. The Hall–Kier alpha value is 0.451. The molecule has 16 heavy (non-hydrogen) atoms. The molecule has 0 aliphatic carbocycles. The fourth-order valence-corrected chi connectivity index (χ4v) is 1.66. The van der Waals surface area contributed by atoms with Crippen LogP contribution in [-0.2, 0) is 0 Å². The Morgan fingerprint density at radius 3 is 1.81 bits per heavy atom. The van der Waals surface area contributed by atoms with Crippen LogP contribution in [0.3, 0.4) is 0 Å². The Bertz CT molecular complexity index is 374. The van der Waals surface area contributed by atoms with Crippen LogP contribution in [0.5, 0.6) is 0 Å². The van der Waals surface area contributed by atoms with E-state index in [4.69, 9.17) is 0 Å². The van der Waals surface area contributed by atoms with E-state index in [0.717, 1.165) is 22.8 Å². The number of aryl methyl sites for hydroxylation is 3. The largest absolute Gasteiger partial charge is 1.00 e. The van der Waals surface area contributed by atoms with Crippen LogP contribution in [0.1, 0.15) is 22.3 Å². The normalized spacial score (nSPS) is 11.6. The first-order valence-electron chi connectivity index (χ1n) is 4.76. The molecule has 5 heteroatoms. The Balaban J connectivity index is 0.00000225. The van der Waals surface area contributed by atoms with Crippen molar-refractivity contribution in [1.29, 1.82) is 0 Å². The molecule has 0 saturated heterocycles. The van der Waals surface area contributed by atoms with Crippen LogP contribution < -0.4 is 51.4 Å². The van der Waals surface area contributed by atoms with E-state index >= 15 is 0 Å². The molecular formula is C11H13BF3K. The van der Waals surface area contributed by atoms with Gasteiger partial charge in [0.25, 0.3) is 0 Å². The maximum Gasteiger partial charge on any atom is 1.00 e. The first-order valence-corrected chi connectivity index (χ1v) is 4.76. The zero-order valence-corrected chi connectivity index (χ0v) is 13.1. The molecule has 0 bridgehead atoms. The van der Waals surface area contributed by atoms with Crippen LogP contribution in [-0.4, -0.2) is 6.98 Å². The second kappa shape index (κ2) is 6.40. The van der Waals surface area contributed by atoms with Crippen LogP contribution >= 0.6 is 0 Å². The molecular weight excluding hydrogens is 239 g/mol. The van der Waals surface area contributed by atoms with Crippen molar-refractivity contribution in [3.8, 4) is 0 Å². The quantitative estimate of drug-likeness (QED) is 0.689.